The zero-order valence-corrected chi connectivity index (χ0v) is 46.4. The van der Waals surface area contributed by atoms with Crippen molar-refractivity contribution in [2.75, 3.05) is 97.7 Å². The normalized spacial score (nSPS) is 15.2. The average molecular weight is 1020 g/mol. The van der Waals surface area contributed by atoms with E-state index in [9.17, 15) is 0 Å². The molecule has 0 aliphatic carbocycles. The first-order valence-corrected chi connectivity index (χ1v) is 28.0. The molecule has 0 amide bonds. The van der Waals surface area contributed by atoms with Crippen molar-refractivity contribution >= 4 is 5.69 Å². The number of aromatic nitrogens is 3. The minimum atomic E-state index is 0.139. The number of hydrogen-bond donors (Lipinski definition) is 2. The van der Waals surface area contributed by atoms with Gasteiger partial charge in [0.15, 0.2) is 34.9 Å². The van der Waals surface area contributed by atoms with Crippen LogP contribution in [0.3, 0.4) is 0 Å². The highest BCUT2D eigenvalue weighted by atomic mass is 16.6. The standard InChI is InChI=1S/C60H96N5O8/c1-59(2,3)51-45-52(60(4,5)6)47-53(46-51)62-30-22-16-14-18-24-54-49-65(63-64(54)7)31-23-17-13-11-9-8-10-12-15-21-29-61-48-50-27-28-57-58(44-50)73-43-39-69-35-34-67-37-41-71-56-26-20-19-25-55(56)70-40-36-66-32-33-68-38-42-72-57/h19-20,25-28,44-47,49,61-62H,8-18,21-24,29-43,48H2,1-7H3/q+1. The number of nitrogens with zero attached hydrogens (tertiary/aromatic N) is 3. The van der Waals surface area contributed by atoms with E-state index >= 15 is 0 Å². The summed E-state index contributed by atoms with van der Waals surface area (Å²) in [6.45, 7) is 22.9. The van der Waals surface area contributed by atoms with Gasteiger partial charge in [-0.05, 0) is 103 Å². The lowest BCUT2D eigenvalue weighted by atomic mass is 9.80. The van der Waals surface area contributed by atoms with Gasteiger partial charge in [0, 0.05) is 25.2 Å². The van der Waals surface area contributed by atoms with Crippen molar-refractivity contribution in [1.29, 1.82) is 0 Å². The molecule has 3 aromatic carbocycles. The maximum absolute atomic E-state index is 6.17. The number of ether oxygens (including phenoxy) is 8. The smallest absolute Gasteiger partial charge is 0.167 e. The molecule has 0 saturated heterocycles. The third kappa shape index (κ3) is 24.7. The molecule has 1 aliphatic rings. The van der Waals surface area contributed by atoms with E-state index in [0.29, 0.717) is 102 Å². The van der Waals surface area contributed by atoms with Gasteiger partial charge in [-0.25, -0.2) is 0 Å². The van der Waals surface area contributed by atoms with Gasteiger partial charge >= 0.3 is 0 Å². The fraction of sp³-hybridized carbons (Fsp3) is 0.667. The summed E-state index contributed by atoms with van der Waals surface area (Å²) in [7, 11) is 2.10. The summed E-state index contributed by atoms with van der Waals surface area (Å²) < 4.78 is 51.2. The van der Waals surface area contributed by atoms with E-state index in [-0.39, 0.29) is 10.8 Å². The van der Waals surface area contributed by atoms with Crippen LogP contribution in [0.2, 0.25) is 0 Å². The quantitative estimate of drug-likeness (QED) is 0.0546. The zero-order chi connectivity index (χ0) is 51.8. The largest absolute Gasteiger partial charge is 0.487 e. The van der Waals surface area contributed by atoms with Gasteiger partial charge in [-0.3, -0.25) is 0 Å². The second-order valence-corrected chi connectivity index (χ2v) is 21.6. The molecule has 408 valence electrons. The van der Waals surface area contributed by atoms with Gasteiger partial charge in [-0.2, -0.15) is 0 Å². The van der Waals surface area contributed by atoms with Crippen molar-refractivity contribution in [3.8, 4) is 23.0 Å². The first-order chi connectivity index (χ1) is 35.5. The number of para-hydroxylation sites is 2. The molecule has 0 bridgehead atoms. The number of fused-ring (bicyclic) bond motifs is 2. The molecule has 1 aliphatic heterocycles. The maximum atomic E-state index is 6.17. The molecule has 13 nitrogen and oxygen atoms in total. The van der Waals surface area contributed by atoms with Crippen molar-refractivity contribution in [3.05, 3.63) is 89.2 Å². The Hall–Kier alpha value is -4.40. The predicted molar refractivity (Wildman–Crippen MR) is 294 cm³/mol. The lowest BCUT2D eigenvalue weighted by Gasteiger charge is -2.26. The molecule has 2 N–H and O–H groups in total. The Morgan fingerprint density at radius 1 is 0.493 bits per heavy atom. The summed E-state index contributed by atoms with van der Waals surface area (Å²) in [6.07, 6.45) is 21.2. The average Bonchev–Trinajstić information content (AvgIpc) is 3.72. The van der Waals surface area contributed by atoms with Crippen molar-refractivity contribution < 1.29 is 42.6 Å². The Morgan fingerprint density at radius 2 is 0.945 bits per heavy atom. The third-order valence-electron chi connectivity index (χ3n) is 13.2. The number of unbranched alkanes of at least 4 members (excludes halogenated alkanes) is 12. The maximum Gasteiger partial charge on any atom is 0.167 e. The molecule has 13 heteroatoms. The fourth-order valence-corrected chi connectivity index (χ4v) is 8.70. The van der Waals surface area contributed by atoms with Crippen molar-refractivity contribution in [2.24, 2.45) is 7.05 Å². The Bertz CT molecular complexity index is 2050. The van der Waals surface area contributed by atoms with E-state index < -0.39 is 0 Å². The molecule has 2 heterocycles. The van der Waals surface area contributed by atoms with Gasteiger partial charge in [-0.1, -0.05) is 124 Å². The van der Waals surface area contributed by atoms with Crippen LogP contribution in [0.1, 0.15) is 154 Å². The highest BCUT2D eigenvalue weighted by Gasteiger charge is 2.21. The van der Waals surface area contributed by atoms with Gasteiger partial charge in [0.1, 0.15) is 40.0 Å². The number of aryl methyl sites for hydroxylation is 3. The molecule has 73 heavy (non-hydrogen) atoms. The van der Waals surface area contributed by atoms with E-state index in [1.54, 1.807) is 0 Å². The summed E-state index contributed by atoms with van der Waals surface area (Å²) in [4.78, 5) is 0. The number of hydrogen-bond acceptors (Lipinski definition) is 11. The van der Waals surface area contributed by atoms with Crippen LogP contribution in [0, 0.1) is 0 Å². The molecule has 0 atom stereocenters. The minimum Gasteiger partial charge on any atom is -0.487 e. The molecule has 0 saturated carbocycles. The van der Waals surface area contributed by atoms with E-state index in [4.69, 9.17) is 43.1 Å². The first-order valence-electron chi connectivity index (χ1n) is 28.0. The molecule has 0 fully saturated rings. The van der Waals surface area contributed by atoms with Crippen molar-refractivity contribution in [1.82, 2.24) is 15.2 Å². The van der Waals surface area contributed by atoms with E-state index in [1.807, 2.05) is 30.3 Å². The molecule has 0 radical (unpaired) electrons. The SMILES string of the molecule is Cn1n[n+](CCCCCCCCCCCCNCc2ccc3c(c2)OCCOCCOCCOc2ccccc2OCCOCCOCCO3)cc1CCCCCCNc1cc(C(C)(C)C)cc(C(C)(C)C)c1. The molecule has 1 aromatic heterocycles. The Morgan fingerprint density at radius 3 is 1.48 bits per heavy atom. The van der Waals surface area contributed by atoms with Crippen molar-refractivity contribution in [2.45, 2.75) is 162 Å². The number of rotatable bonds is 23. The minimum absolute atomic E-state index is 0.139. The summed E-state index contributed by atoms with van der Waals surface area (Å²) in [5.41, 5.74) is 6.85. The van der Waals surface area contributed by atoms with Gasteiger partial charge in [0.05, 0.1) is 58.1 Å². The molecular formula is C60H96N5O8+. The molecule has 0 spiro atoms. The van der Waals surface area contributed by atoms with Gasteiger partial charge in [-0.15, -0.1) is 9.36 Å². The molecular weight excluding hydrogens is 919 g/mol. The lowest BCUT2D eigenvalue weighted by Crippen LogP contribution is -2.35. The van der Waals surface area contributed by atoms with Gasteiger partial charge in [0.2, 0.25) is 0 Å². The van der Waals surface area contributed by atoms with Gasteiger partial charge < -0.3 is 48.5 Å². The zero-order valence-electron chi connectivity index (χ0n) is 46.4. The highest BCUT2D eigenvalue weighted by Crippen LogP contribution is 2.33. The van der Waals surface area contributed by atoms with Crippen molar-refractivity contribution in [3.63, 3.8) is 0 Å². The van der Waals surface area contributed by atoms with E-state index in [0.717, 1.165) is 38.2 Å². The monoisotopic (exact) mass is 1010 g/mol. The summed E-state index contributed by atoms with van der Waals surface area (Å²) >= 11 is 0. The second-order valence-electron chi connectivity index (χ2n) is 21.6. The van der Waals surface area contributed by atoms with Gasteiger partial charge in [0.25, 0.3) is 0 Å². The summed E-state index contributed by atoms with van der Waals surface area (Å²) in [5.74, 6) is 2.77. The van der Waals surface area contributed by atoms with Crippen LogP contribution in [-0.4, -0.2) is 102 Å². The third-order valence-corrected chi connectivity index (χ3v) is 13.2. The predicted octanol–water partition coefficient (Wildman–Crippen LogP) is 11.5. The summed E-state index contributed by atoms with van der Waals surface area (Å²) in [6, 6.07) is 20.9. The van der Waals surface area contributed by atoms with Crippen LogP contribution >= 0.6 is 0 Å². The molecule has 0 unspecified atom stereocenters. The second kappa shape index (κ2) is 34.2. The number of benzene rings is 3. The van der Waals surface area contributed by atoms with Crippen LogP contribution < -0.4 is 34.3 Å². The van der Waals surface area contributed by atoms with E-state index in [2.05, 4.69) is 105 Å². The lowest BCUT2D eigenvalue weighted by molar-refractivity contribution is -0.755. The van der Waals surface area contributed by atoms with Crippen LogP contribution in [0.5, 0.6) is 23.0 Å². The van der Waals surface area contributed by atoms with E-state index in [1.165, 1.54) is 112 Å². The first kappa shape index (κ1) is 59.5. The Kier molecular flexibility index (Phi) is 27.9. The fourth-order valence-electron chi connectivity index (χ4n) is 8.70. The number of anilines is 1. The van der Waals surface area contributed by atoms with Crippen LogP contribution in [0.4, 0.5) is 5.69 Å². The highest BCUT2D eigenvalue weighted by molar-refractivity contribution is 5.52. The molecule has 4 aromatic rings. The Labute approximate surface area is 440 Å². The molecule has 5 rings (SSSR count). The van der Waals surface area contributed by atoms with Crippen LogP contribution in [0.15, 0.2) is 66.9 Å². The van der Waals surface area contributed by atoms with Crippen LogP contribution in [-0.2, 0) is 56.3 Å². The Balaban J connectivity index is 0.855. The summed E-state index contributed by atoms with van der Waals surface area (Å²) in [5, 5.41) is 12.1. The topological polar surface area (TPSA) is 120 Å². The number of nitrogens with one attached hydrogen (secondary N) is 2. The van der Waals surface area contributed by atoms with Crippen LogP contribution in [0.25, 0.3) is 0 Å².